The molecule has 1 aliphatic rings. The molecule has 1 aliphatic heterocycles. The van der Waals surface area contributed by atoms with Crippen LogP contribution in [0.1, 0.15) is 44.7 Å². The zero-order valence-corrected chi connectivity index (χ0v) is 14.7. The fourth-order valence-corrected chi connectivity index (χ4v) is 3.21. The van der Waals surface area contributed by atoms with Gasteiger partial charge in [-0.25, -0.2) is 9.97 Å². The van der Waals surface area contributed by atoms with Gasteiger partial charge in [0.1, 0.15) is 24.5 Å². The van der Waals surface area contributed by atoms with Crippen molar-refractivity contribution in [2.24, 2.45) is 11.7 Å². The Morgan fingerprint density at radius 3 is 3.00 bits per heavy atom. The molecule has 0 aliphatic carbocycles. The van der Waals surface area contributed by atoms with Crippen molar-refractivity contribution >= 4 is 22.8 Å². The molecule has 0 saturated carbocycles. The van der Waals surface area contributed by atoms with Gasteiger partial charge in [-0.1, -0.05) is 20.3 Å². The summed E-state index contributed by atoms with van der Waals surface area (Å²) in [7, 11) is 0. The average molecular weight is 346 g/mol. The van der Waals surface area contributed by atoms with Crippen molar-refractivity contribution in [2.75, 3.05) is 12.3 Å². The lowest BCUT2D eigenvalue weighted by Gasteiger charge is -2.19. The number of aromatic nitrogens is 3. The number of nitrogens with one attached hydrogen (secondary N) is 2. The van der Waals surface area contributed by atoms with Crippen LogP contribution < -0.4 is 16.8 Å². The molecule has 6 N–H and O–H groups in total. The lowest BCUT2D eigenvalue weighted by molar-refractivity contribution is -0.147. The first kappa shape index (κ1) is 17.6. The van der Waals surface area contributed by atoms with Gasteiger partial charge >= 0.3 is 5.97 Å². The van der Waals surface area contributed by atoms with Crippen LogP contribution in [-0.4, -0.2) is 39.6 Å². The van der Waals surface area contributed by atoms with Crippen LogP contribution in [0, 0.1) is 5.92 Å². The minimum Gasteiger partial charge on any atom is -0.463 e. The molecule has 3 rings (SSSR count). The van der Waals surface area contributed by atoms with Crippen molar-refractivity contribution in [3.8, 4) is 0 Å². The first-order valence-corrected chi connectivity index (χ1v) is 8.77. The SMILES string of the molecule is CCC(C)C(N)C(=O)OCC1CCC(c2c[nH]c3c(N)ncnc23)N1. The van der Waals surface area contributed by atoms with E-state index in [0.29, 0.717) is 12.4 Å². The molecule has 0 bridgehead atoms. The molecular weight excluding hydrogens is 320 g/mol. The van der Waals surface area contributed by atoms with E-state index in [0.717, 1.165) is 35.9 Å². The van der Waals surface area contributed by atoms with Crippen molar-refractivity contribution in [1.82, 2.24) is 20.3 Å². The van der Waals surface area contributed by atoms with Gasteiger partial charge < -0.3 is 26.5 Å². The molecule has 0 amide bonds. The van der Waals surface area contributed by atoms with Gasteiger partial charge in [0, 0.05) is 23.8 Å². The molecular formula is C17H26N6O2. The predicted octanol–water partition coefficient (Wildman–Crippen LogP) is 1.25. The topological polar surface area (TPSA) is 132 Å². The Kier molecular flexibility index (Phi) is 5.19. The van der Waals surface area contributed by atoms with Crippen LogP contribution >= 0.6 is 0 Å². The zero-order chi connectivity index (χ0) is 18.0. The van der Waals surface area contributed by atoms with Crippen LogP contribution in [0.2, 0.25) is 0 Å². The molecule has 1 fully saturated rings. The zero-order valence-electron chi connectivity index (χ0n) is 14.7. The molecule has 4 unspecified atom stereocenters. The van der Waals surface area contributed by atoms with E-state index in [9.17, 15) is 4.79 Å². The number of aromatic amines is 1. The number of H-pyrrole nitrogens is 1. The van der Waals surface area contributed by atoms with Crippen LogP contribution in [0.25, 0.3) is 11.0 Å². The van der Waals surface area contributed by atoms with Crippen molar-refractivity contribution in [2.45, 2.75) is 51.2 Å². The summed E-state index contributed by atoms with van der Waals surface area (Å²) in [6, 6.07) is -0.298. The third-order valence-electron chi connectivity index (χ3n) is 5.09. The summed E-state index contributed by atoms with van der Waals surface area (Å²) in [4.78, 5) is 23.5. The van der Waals surface area contributed by atoms with Crippen LogP contribution in [-0.2, 0) is 9.53 Å². The van der Waals surface area contributed by atoms with Gasteiger partial charge in [-0.05, 0) is 18.8 Å². The number of fused-ring (bicyclic) bond motifs is 1. The van der Waals surface area contributed by atoms with Crippen LogP contribution in [0.3, 0.4) is 0 Å². The van der Waals surface area contributed by atoms with Crippen molar-refractivity contribution < 1.29 is 9.53 Å². The Morgan fingerprint density at radius 1 is 1.44 bits per heavy atom. The Labute approximate surface area is 146 Å². The van der Waals surface area contributed by atoms with Crippen molar-refractivity contribution in [3.05, 3.63) is 18.1 Å². The molecule has 0 aromatic carbocycles. The highest BCUT2D eigenvalue weighted by molar-refractivity contribution is 5.87. The largest absolute Gasteiger partial charge is 0.463 e. The first-order valence-electron chi connectivity index (χ1n) is 8.77. The molecule has 0 radical (unpaired) electrons. The van der Waals surface area contributed by atoms with E-state index in [2.05, 4.69) is 20.3 Å². The number of nitrogens with two attached hydrogens (primary N) is 2. The van der Waals surface area contributed by atoms with E-state index in [4.69, 9.17) is 16.2 Å². The average Bonchev–Trinajstić information content (AvgIpc) is 3.25. The summed E-state index contributed by atoms with van der Waals surface area (Å²) >= 11 is 0. The number of hydrogen-bond donors (Lipinski definition) is 4. The molecule has 4 atom stereocenters. The second-order valence-electron chi connectivity index (χ2n) is 6.76. The number of esters is 1. The molecule has 25 heavy (non-hydrogen) atoms. The standard InChI is InChI=1S/C17H26N6O2/c1-3-9(2)13(18)17(24)25-7-10-4-5-12(23-10)11-6-20-15-14(11)21-8-22-16(15)19/h6,8-10,12-13,20,23H,3-5,7,18H2,1-2H3,(H2,19,21,22). The van der Waals surface area contributed by atoms with Gasteiger partial charge in [0.05, 0.1) is 5.52 Å². The Morgan fingerprint density at radius 2 is 2.24 bits per heavy atom. The molecule has 136 valence electrons. The van der Waals surface area contributed by atoms with Gasteiger partial charge in [0.2, 0.25) is 0 Å². The molecule has 1 saturated heterocycles. The monoisotopic (exact) mass is 346 g/mol. The highest BCUT2D eigenvalue weighted by Gasteiger charge is 2.29. The van der Waals surface area contributed by atoms with Gasteiger partial charge in [-0.15, -0.1) is 0 Å². The van der Waals surface area contributed by atoms with Crippen LogP contribution in [0.4, 0.5) is 5.82 Å². The summed E-state index contributed by atoms with van der Waals surface area (Å²) < 4.78 is 5.40. The number of anilines is 1. The summed E-state index contributed by atoms with van der Waals surface area (Å²) in [5.74, 6) is 0.235. The van der Waals surface area contributed by atoms with Gasteiger partial charge in [-0.3, -0.25) is 4.79 Å². The fourth-order valence-electron chi connectivity index (χ4n) is 3.21. The number of carbonyl (C=O) groups excluding carboxylic acids is 1. The number of nitrogens with zero attached hydrogens (tertiary/aromatic N) is 2. The van der Waals surface area contributed by atoms with Crippen LogP contribution in [0.5, 0.6) is 0 Å². The highest BCUT2D eigenvalue weighted by Crippen LogP contribution is 2.31. The van der Waals surface area contributed by atoms with E-state index in [1.165, 1.54) is 6.33 Å². The number of hydrogen-bond acceptors (Lipinski definition) is 7. The number of nitrogen functional groups attached to an aromatic ring is 1. The minimum atomic E-state index is -0.560. The number of carbonyl (C=O) groups is 1. The third kappa shape index (κ3) is 3.59. The number of rotatable bonds is 6. The molecule has 2 aromatic heterocycles. The second kappa shape index (κ2) is 7.37. The van der Waals surface area contributed by atoms with Crippen molar-refractivity contribution in [3.63, 3.8) is 0 Å². The lowest BCUT2D eigenvalue weighted by Crippen LogP contribution is -2.40. The minimum absolute atomic E-state index is 0.113. The predicted molar refractivity (Wildman–Crippen MR) is 95.6 cm³/mol. The van der Waals surface area contributed by atoms with Crippen LogP contribution in [0.15, 0.2) is 12.5 Å². The summed E-state index contributed by atoms with van der Waals surface area (Å²) in [6.07, 6.45) is 6.10. The summed E-state index contributed by atoms with van der Waals surface area (Å²) in [5.41, 5.74) is 14.4. The highest BCUT2D eigenvalue weighted by atomic mass is 16.5. The van der Waals surface area contributed by atoms with E-state index >= 15 is 0 Å². The molecule has 0 spiro atoms. The number of ether oxygens (including phenoxy) is 1. The van der Waals surface area contributed by atoms with Gasteiger partial charge in [-0.2, -0.15) is 0 Å². The first-order chi connectivity index (χ1) is 12.0. The Bertz CT molecular complexity index is 746. The molecule has 3 heterocycles. The van der Waals surface area contributed by atoms with Gasteiger partial charge in [0.25, 0.3) is 0 Å². The maximum Gasteiger partial charge on any atom is 0.323 e. The maximum absolute atomic E-state index is 12.0. The van der Waals surface area contributed by atoms with E-state index in [1.54, 1.807) is 0 Å². The molecule has 8 nitrogen and oxygen atoms in total. The molecule has 2 aromatic rings. The Balaban J connectivity index is 1.58. The molecule has 8 heteroatoms. The lowest BCUT2D eigenvalue weighted by atomic mass is 10.0. The fraction of sp³-hybridized carbons (Fsp3) is 0.588. The second-order valence-corrected chi connectivity index (χ2v) is 6.76. The normalized spacial score (nSPS) is 22.8. The Hall–Kier alpha value is -2.19. The maximum atomic E-state index is 12.0. The smallest absolute Gasteiger partial charge is 0.323 e. The van der Waals surface area contributed by atoms with E-state index in [-0.39, 0.29) is 24.0 Å². The van der Waals surface area contributed by atoms with E-state index < -0.39 is 6.04 Å². The summed E-state index contributed by atoms with van der Waals surface area (Å²) in [6.45, 7) is 4.30. The third-order valence-corrected chi connectivity index (χ3v) is 5.09. The van der Waals surface area contributed by atoms with Crippen molar-refractivity contribution in [1.29, 1.82) is 0 Å². The van der Waals surface area contributed by atoms with E-state index in [1.807, 2.05) is 20.0 Å². The quantitative estimate of drug-likeness (QED) is 0.579. The summed E-state index contributed by atoms with van der Waals surface area (Å²) in [5, 5.41) is 3.50. The van der Waals surface area contributed by atoms with Gasteiger partial charge in [0.15, 0.2) is 5.82 Å².